The van der Waals surface area contributed by atoms with Gasteiger partial charge in [0.25, 0.3) is 0 Å². The van der Waals surface area contributed by atoms with Gasteiger partial charge in [-0.1, -0.05) is 12.1 Å². The van der Waals surface area contributed by atoms with Gasteiger partial charge in [-0.3, -0.25) is 0 Å². The molecule has 0 spiro atoms. The van der Waals surface area contributed by atoms with Gasteiger partial charge < -0.3 is 14.9 Å². The first-order chi connectivity index (χ1) is 10.0. The van der Waals surface area contributed by atoms with Crippen molar-refractivity contribution >= 4 is 0 Å². The van der Waals surface area contributed by atoms with Crippen LogP contribution in [-0.2, 0) is 0 Å². The van der Waals surface area contributed by atoms with Crippen molar-refractivity contribution in [2.75, 3.05) is 40.3 Å². The van der Waals surface area contributed by atoms with Crippen molar-refractivity contribution in [3.05, 3.63) is 35.6 Å². The predicted octanol–water partition coefficient (Wildman–Crippen LogP) is 2.52. The fourth-order valence-corrected chi connectivity index (χ4v) is 3.00. The highest BCUT2D eigenvalue weighted by molar-refractivity contribution is 5.18. The second kappa shape index (κ2) is 7.87. The van der Waals surface area contributed by atoms with E-state index in [0.29, 0.717) is 12.0 Å². The van der Waals surface area contributed by atoms with Crippen molar-refractivity contribution in [2.45, 2.75) is 25.4 Å². The number of aliphatic hydroxyl groups excluding tert-OH is 1. The van der Waals surface area contributed by atoms with Gasteiger partial charge in [0.15, 0.2) is 0 Å². The van der Waals surface area contributed by atoms with Crippen LogP contribution < -0.4 is 0 Å². The summed E-state index contributed by atoms with van der Waals surface area (Å²) in [4.78, 5) is 4.67. The zero-order valence-electron chi connectivity index (χ0n) is 13.1. The van der Waals surface area contributed by atoms with Gasteiger partial charge in [0.05, 0.1) is 6.10 Å². The zero-order chi connectivity index (χ0) is 15.2. The topological polar surface area (TPSA) is 26.7 Å². The molecule has 0 saturated carbocycles. The first kappa shape index (κ1) is 16.4. The fourth-order valence-electron chi connectivity index (χ4n) is 3.00. The maximum absolute atomic E-state index is 13.1. The quantitative estimate of drug-likeness (QED) is 0.873. The molecule has 1 aliphatic heterocycles. The van der Waals surface area contributed by atoms with E-state index in [1.165, 1.54) is 38.1 Å². The number of hydrogen-bond donors (Lipinski definition) is 1. The lowest BCUT2D eigenvalue weighted by atomic mass is 9.96. The lowest BCUT2D eigenvalue weighted by Crippen LogP contribution is -2.36. The molecule has 1 fully saturated rings. The molecule has 1 unspecified atom stereocenters. The molecule has 1 aromatic rings. The summed E-state index contributed by atoms with van der Waals surface area (Å²) >= 11 is 0. The predicted molar refractivity (Wildman–Crippen MR) is 83.7 cm³/mol. The van der Waals surface area contributed by atoms with E-state index >= 15 is 0 Å². The number of benzene rings is 1. The minimum atomic E-state index is -0.583. The van der Waals surface area contributed by atoms with Crippen LogP contribution in [0.5, 0.6) is 0 Å². The zero-order valence-corrected chi connectivity index (χ0v) is 13.1. The Morgan fingerprint density at radius 3 is 2.76 bits per heavy atom. The molecule has 0 radical (unpaired) electrons. The highest BCUT2D eigenvalue weighted by Crippen LogP contribution is 2.20. The number of aliphatic hydroxyl groups is 1. The summed E-state index contributed by atoms with van der Waals surface area (Å²) in [5.41, 5.74) is 0.669. The first-order valence-electron chi connectivity index (χ1n) is 7.85. The molecule has 0 aromatic heterocycles. The lowest BCUT2D eigenvalue weighted by Gasteiger charge is -2.31. The van der Waals surface area contributed by atoms with Crippen molar-refractivity contribution in [1.29, 1.82) is 0 Å². The maximum Gasteiger partial charge on any atom is 0.123 e. The van der Waals surface area contributed by atoms with Crippen LogP contribution in [0.15, 0.2) is 24.3 Å². The Labute approximate surface area is 127 Å². The summed E-state index contributed by atoms with van der Waals surface area (Å²) < 4.78 is 13.1. The van der Waals surface area contributed by atoms with Crippen LogP contribution in [0.3, 0.4) is 0 Å². The Morgan fingerprint density at radius 1 is 1.38 bits per heavy atom. The van der Waals surface area contributed by atoms with Crippen LogP contribution in [-0.4, -0.2) is 55.2 Å². The molecule has 21 heavy (non-hydrogen) atoms. The first-order valence-corrected chi connectivity index (χ1v) is 7.85. The van der Waals surface area contributed by atoms with Gasteiger partial charge in [-0.05, 0) is 70.1 Å². The highest BCUT2D eigenvalue weighted by atomic mass is 19.1. The van der Waals surface area contributed by atoms with Gasteiger partial charge in [-0.2, -0.15) is 0 Å². The Hall–Kier alpha value is -0.970. The van der Waals surface area contributed by atoms with Crippen LogP contribution in [0.1, 0.15) is 30.9 Å². The van der Waals surface area contributed by atoms with Crippen LogP contribution in [0.4, 0.5) is 4.39 Å². The Kier molecular flexibility index (Phi) is 6.15. The average molecular weight is 294 g/mol. The van der Waals surface area contributed by atoms with Crippen molar-refractivity contribution in [3.63, 3.8) is 0 Å². The number of likely N-dealkylation sites (tertiary alicyclic amines) is 1. The van der Waals surface area contributed by atoms with Crippen LogP contribution >= 0.6 is 0 Å². The average Bonchev–Trinajstić information content (AvgIpc) is 2.47. The van der Waals surface area contributed by atoms with Gasteiger partial charge in [0.1, 0.15) is 5.82 Å². The molecule has 2 rings (SSSR count). The van der Waals surface area contributed by atoms with Crippen molar-refractivity contribution in [2.24, 2.45) is 5.92 Å². The number of nitrogens with zero attached hydrogens (tertiary/aromatic N) is 2. The molecule has 0 amide bonds. The number of hydrogen-bond acceptors (Lipinski definition) is 3. The second-order valence-corrected chi connectivity index (χ2v) is 6.37. The van der Waals surface area contributed by atoms with E-state index in [9.17, 15) is 9.50 Å². The van der Waals surface area contributed by atoms with E-state index in [4.69, 9.17) is 0 Å². The standard InChI is InChI=1S/C17H27FN2O/c1-19-9-6-14(7-10-19)13-20(2)11-8-17(21)15-4-3-5-16(18)12-15/h3-5,12,14,17,21H,6-11,13H2,1-2H3. The van der Waals surface area contributed by atoms with E-state index in [1.54, 1.807) is 12.1 Å². The van der Waals surface area contributed by atoms with E-state index in [-0.39, 0.29) is 5.82 Å². The Bertz CT molecular complexity index is 433. The summed E-state index contributed by atoms with van der Waals surface area (Å²) in [7, 11) is 4.28. The molecule has 4 heteroatoms. The smallest absolute Gasteiger partial charge is 0.123 e. The Balaban J connectivity index is 1.72. The molecule has 1 aliphatic rings. The molecule has 3 nitrogen and oxygen atoms in total. The molecule has 1 heterocycles. The minimum absolute atomic E-state index is 0.286. The minimum Gasteiger partial charge on any atom is -0.388 e. The van der Waals surface area contributed by atoms with Crippen molar-refractivity contribution < 1.29 is 9.50 Å². The highest BCUT2D eigenvalue weighted by Gasteiger charge is 2.18. The third-order valence-electron chi connectivity index (χ3n) is 4.43. The Morgan fingerprint density at radius 2 is 2.10 bits per heavy atom. The third kappa shape index (κ3) is 5.38. The largest absolute Gasteiger partial charge is 0.388 e. The SMILES string of the molecule is CN1CCC(CN(C)CCC(O)c2cccc(F)c2)CC1. The number of piperidine rings is 1. The maximum atomic E-state index is 13.1. The van der Waals surface area contributed by atoms with Crippen LogP contribution in [0.2, 0.25) is 0 Å². The third-order valence-corrected chi connectivity index (χ3v) is 4.43. The van der Waals surface area contributed by atoms with E-state index in [2.05, 4.69) is 23.9 Å². The van der Waals surface area contributed by atoms with Gasteiger partial charge in [-0.25, -0.2) is 4.39 Å². The van der Waals surface area contributed by atoms with Crippen molar-refractivity contribution in [3.8, 4) is 0 Å². The molecule has 1 N–H and O–H groups in total. The second-order valence-electron chi connectivity index (χ2n) is 6.37. The fraction of sp³-hybridized carbons (Fsp3) is 0.647. The molecular weight excluding hydrogens is 267 g/mol. The monoisotopic (exact) mass is 294 g/mol. The number of rotatable bonds is 6. The van der Waals surface area contributed by atoms with Crippen LogP contribution in [0.25, 0.3) is 0 Å². The molecular formula is C17H27FN2O. The van der Waals surface area contributed by atoms with E-state index in [0.717, 1.165) is 19.0 Å². The lowest BCUT2D eigenvalue weighted by molar-refractivity contribution is 0.133. The van der Waals surface area contributed by atoms with Gasteiger partial charge in [0.2, 0.25) is 0 Å². The summed E-state index contributed by atoms with van der Waals surface area (Å²) in [6, 6.07) is 6.25. The molecule has 118 valence electrons. The van der Waals surface area contributed by atoms with Gasteiger partial charge in [-0.15, -0.1) is 0 Å². The van der Waals surface area contributed by atoms with Gasteiger partial charge >= 0.3 is 0 Å². The summed E-state index contributed by atoms with van der Waals surface area (Å²) in [6.45, 7) is 4.29. The van der Waals surface area contributed by atoms with E-state index in [1.807, 2.05) is 0 Å². The molecule has 0 bridgehead atoms. The normalized spacial score (nSPS) is 19.1. The summed E-state index contributed by atoms with van der Waals surface area (Å²) in [5.74, 6) is 0.476. The van der Waals surface area contributed by atoms with Crippen molar-refractivity contribution in [1.82, 2.24) is 9.80 Å². The summed E-state index contributed by atoms with van der Waals surface area (Å²) in [5, 5.41) is 10.1. The van der Waals surface area contributed by atoms with E-state index < -0.39 is 6.10 Å². The van der Waals surface area contributed by atoms with Crippen LogP contribution in [0, 0.1) is 11.7 Å². The number of halogens is 1. The van der Waals surface area contributed by atoms with Gasteiger partial charge in [0, 0.05) is 13.1 Å². The molecule has 1 saturated heterocycles. The molecule has 0 aliphatic carbocycles. The molecule has 1 atom stereocenters. The molecule has 1 aromatic carbocycles. The summed E-state index contributed by atoms with van der Waals surface area (Å²) in [6.07, 6.45) is 2.58.